The molecule has 3 atom stereocenters. The van der Waals surface area contributed by atoms with Gasteiger partial charge < -0.3 is 19.9 Å². The van der Waals surface area contributed by atoms with Crippen molar-refractivity contribution in [1.82, 2.24) is 31.0 Å². The quantitative estimate of drug-likeness (QED) is 0.420. The zero-order chi connectivity index (χ0) is 27.4. The Morgan fingerprint density at radius 1 is 1.22 bits per heavy atom. The highest BCUT2D eigenvalue weighted by Crippen LogP contribution is 2.30. The number of carbonyl (C=O) groups excluding carboxylic acids is 2. The fourth-order valence-corrected chi connectivity index (χ4v) is 4.31. The van der Waals surface area contributed by atoms with Gasteiger partial charge in [-0.3, -0.25) is 15.0 Å². The number of amides is 2. The zero-order valence-corrected chi connectivity index (χ0v) is 20.2. The van der Waals surface area contributed by atoms with E-state index in [1.807, 2.05) is 5.43 Å². The SMILES string of the molecule is C[C@@H](COCC(=O)N(C)C1CCN(c2cnc(C(F)(F)F)cn2)CC1)NC1CNNC(=O)C1C(F)(F)F. The van der Waals surface area contributed by atoms with Crippen molar-refractivity contribution in [1.29, 1.82) is 0 Å². The number of carbonyl (C=O) groups is 2. The second-order valence-electron chi connectivity index (χ2n) is 9.06. The van der Waals surface area contributed by atoms with Crippen molar-refractivity contribution in [3.63, 3.8) is 0 Å². The molecule has 3 heterocycles. The maximum Gasteiger partial charge on any atom is 0.434 e. The second kappa shape index (κ2) is 11.8. The molecule has 16 heteroatoms. The summed E-state index contributed by atoms with van der Waals surface area (Å²) in [5, 5.41) is 2.73. The minimum Gasteiger partial charge on any atom is -0.370 e. The fraction of sp³-hybridized carbons (Fsp3) is 0.714. The van der Waals surface area contributed by atoms with Crippen molar-refractivity contribution >= 4 is 17.6 Å². The number of halogens is 6. The lowest BCUT2D eigenvalue weighted by atomic mass is 9.96. The van der Waals surface area contributed by atoms with Gasteiger partial charge in [-0.15, -0.1) is 0 Å². The smallest absolute Gasteiger partial charge is 0.370 e. The first-order valence-electron chi connectivity index (χ1n) is 11.6. The molecule has 0 radical (unpaired) electrons. The van der Waals surface area contributed by atoms with Crippen LogP contribution in [0.2, 0.25) is 0 Å². The van der Waals surface area contributed by atoms with E-state index in [4.69, 9.17) is 4.74 Å². The summed E-state index contributed by atoms with van der Waals surface area (Å²) < 4.78 is 83.1. The molecule has 2 saturated heterocycles. The summed E-state index contributed by atoms with van der Waals surface area (Å²) in [4.78, 5) is 34.8. The van der Waals surface area contributed by atoms with E-state index in [0.717, 1.165) is 6.20 Å². The van der Waals surface area contributed by atoms with Crippen LogP contribution in [0.4, 0.5) is 32.2 Å². The zero-order valence-electron chi connectivity index (χ0n) is 20.2. The van der Waals surface area contributed by atoms with Gasteiger partial charge in [-0.05, 0) is 19.8 Å². The molecule has 0 bridgehead atoms. The Morgan fingerprint density at radius 3 is 2.46 bits per heavy atom. The molecule has 1 aromatic heterocycles. The highest BCUT2D eigenvalue weighted by molar-refractivity contribution is 5.80. The van der Waals surface area contributed by atoms with Gasteiger partial charge in [0.05, 0.1) is 19.0 Å². The first-order chi connectivity index (χ1) is 17.3. The van der Waals surface area contributed by atoms with Gasteiger partial charge in [0.1, 0.15) is 12.4 Å². The molecule has 2 fully saturated rings. The summed E-state index contributed by atoms with van der Waals surface area (Å²) in [6, 6.07) is -1.87. The number of rotatable bonds is 8. The molecule has 208 valence electrons. The Hall–Kier alpha value is -2.72. The molecule has 3 N–H and O–H groups in total. The van der Waals surface area contributed by atoms with Crippen molar-refractivity contribution in [2.24, 2.45) is 5.92 Å². The average molecular weight is 541 g/mol. The van der Waals surface area contributed by atoms with Crippen LogP contribution in [0.1, 0.15) is 25.5 Å². The standard InChI is InChI=1S/C21H29F6N7O3/c1-12(31-14-7-30-32-19(36)18(14)21(25,26)27)10-37-11-17(35)33(2)13-3-5-34(6-4-13)16-9-28-15(8-29-16)20(22,23)24/h8-9,12-14,18,30-31H,3-7,10-11H2,1-2H3,(H,32,36)/t12-,14?,18?/m0/s1. The second-order valence-corrected chi connectivity index (χ2v) is 9.06. The van der Waals surface area contributed by atoms with E-state index in [0.29, 0.717) is 37.9 Å². The first-order valence-corrected chi connectivity index (χ1v) is 11.6. The molecule has 2 aliphatic heterocycles. The fourth-order valence-electron chi connectivity index (χ4n) is 4.31. The summed E-state index contributed by atoms with van der Waals surface area (Å²) >= 11 is 0. The van der Waals surface area contributed by atoms with Crippen LogP contribution in [-0.4, -0.2) is 90.9 Å². The van der Waals surface area contributed by atoms with Gasteiger partial charge in [0, 0.05) is 44.8 Å². The van der Waals surface area contributed by atoms with Crippen LogP contribution < -0.4 is 21.1 Å². The molecular weight excluding hydrogens is 512 g/mol. The van der Waals surface area contributed by atoms with Crippen molar-refractivity contribution < 1.29 is 40.7 Å². The van der Waals surface area contributed by atoms with Gasteiger partial charge in [0.2, 0.25) is 11.8 Å². The van der Waals surface area contributed by atoms with Crippen LogP contribution in [-0.2, 0) is 20.5 Å². The summed E-state index contributed by atoms with van der Waals surface area (Å²) in [5.41, 5.74) is 3.33. The summed E-state index contributed by atoms with van der Waals surface area (Å²) in [6.45, 7) is 2.07. The highest BCUT2D eigenvalue weighted by atomic mass is 19.4. The van der Waals surface area contributed by atoms with Crippen molar-refractivity contribution in [3.8, 4) is 0 Å². The lowest BCUT2D eigenvalue weighted by Gasteiger charge is -2.37. The maximum absolute atomic E-state index is 13.2. The van der Waals surface area contributed by atoms with Gasteiger partial charge in [-0.2, -0.15) is 26.3 Å². The van der Waals surface area contributed by atoms with Gasteiger partial charge in [0.15, 0.2) is 11.6 Å². The monoisotopic (exact) mass is 541 g/mol. The summed E-state index contributed by atoms with van der Waals surface area (Å²) in [7, 11) is 1.62. The molecule has 0 spiro atoms. The minimum absolute atomic E-state index is 0.0483. The van der Waals surface area contributed by atoms with Crippen molar-refractivity contribution in [2.45, 2.75) is 50.2 Å². The Balaban J connectivity index is 1.40. The number of piperidine rings is 1. The predicted molar refractivity (Wildman–Crippen MR) is 118 cm³/mol. The Kier molecular flexibility index (Phi) is 9.18. The number of nitrogens with one attached hydrogen (secondary N) is 3. The van der Waals surface area contributed by atoms with Crippen LogP contribution in [0, 0.1) is 5.92 Å². The topological polar surface area (TPSA) is 112 Å². The number of hydrogen-bond donors (Lipinski definition) is 3. The van der Waals surface area contributed by atoms with E-state index < -0.39 is 42.0 Å². The Labute approximate surface area is 209 Å². The lowest BCUT2D eigenvalue weighted by Crippen LogP contribution is -2.65. The van der Waals surface area contributed by atoms with Crippen LogP contribution in [0.25, 0.3) is 0 Å². The number of anilines is 1. The Bertz CT molecular complexity index is 923. The highest BCUT2D eigenvalue weighted by Gasteiger charge is 2.51. The van der Waals surface area contributed by atoms with E-state index in [9.17, 15) is 35.9 Å². The molecule has 0 aliphatic carbocycles. The average Bonchev–Trinajstić information content (AvgIpc) is 2.82. The number of aromatic nitrogens is 2. The third-order valence-corrected chi connectivity index (χ3v) is 6.32. The molecule has 10 nitrogen and oxygen atoms in total. The molecule has 0 aromatic carbocycles. The van der Waals surface area contributed by atoms with Crippen molar-refractivity contribution in [3.05, 3.63) is 18.1 Å². The van der Waals surface area contributed by atoms with E-state index in [1.165, 1.54) is 4.90 Å². The van der Waals surface area contributed by atoms with Crippen LogP contribution in [0.15, 0.2) is 12.4 Å². The first kappa shape index (κ1) is 28.8. The van der Waals surface area contributed by atoms with Gasteiger partial charge >= 0.3 is 12.4 Å². The minimum atomic E-state index is -4.71. The third-order valence-electron chi connectivity index (χ3n) is 6.32. The third kappa shape index (κ3) is 7.64. The number of hydrazine groups is 1. The summed E-state index contributed by atoms with van der Waals surface area (Å²) in [6.07, 6.45) is -6.40. The number of ether oxygens (including phenoxy) is 1. The molecule has 37 heavy (non-hydrogen) atoms. The number of likely N-dealkylation sites (N-methyl/N-ethyl adjacent to an activating group) is 1. The normalized spacial score (nSPS) is 22.5. The number of alkyl halides is 6. The number of nitrogens with zero attached hydrogens (tertiary/aromatic N) is 4. The van der Waals surface area contributed by atoms with E-state index >= 15 is 0 Å². The molecule has 2 amide bonds. The van der Waals surface area contributed by atoms with E-state index in [2.05, 4.69) is 20.7 Å². The van der Waals surface area contributed by atoms with Gasteiger partial charge in [0.25, 0.3) is 0 Å². The number of hydrogen-bond acceptors (Lipinski definition) is 8. The molecule has 2 unspecified atom stereocenters. The maximum atomic E-state index is 13.2. The van der Waals surface area contributed by atoms with Gasteiger partial charge in [-0.1, -0.05) is 0 Å². The largest absolute Gasteiger partial charge is 0.434 e. The summed E-state index contributed by atoms with van der Waals surface area (Å²) in [5.74, 6) is -3.36. The molecule has 0 saturated carbocycles. The Morgan fingerprint density at radius 2 is 1.89 bits per heavy atom. The molecule has 1 aromatic rings. The van der Waals surface area contributed by atoms with Crippen LogP contribution in [0.5, 0.6) is 0 Å². The van der Waals surface area contributed by atoms with E-state index in [-0.39, 0.29) is 31.7 Å². The van der Waals surface area contributed by atoms with Crippen molar-refractivity contribution in [2.75, 3.05) is 44.8 Å². The molecule has 2 aliphatic rings. The van der Waals surface area contributed by atoms with Gasteiger partial charge in [-0.25, -0.2) is 15.4 Å². The molecule has 3 rings (SSSR count). The van der Waals surface area contributed by atoms with Crippen LogP contribution in [0.3, 0.4) is 0 Å². The van der Waals surface area contributed by atoms with Crippen LogP contribution >= 0.6 is 0 Å². The lowest BCUT2D eigenvalue weighted by molar-refractivity contribution is -0.193. The van der Waals surface area contributed by atoms with E-state index in [1.54, 1.807) is 18.9 Å². The molecular formula is C21H29F6N7O3. The predicted octanol–water partition coefficient (Wildman–Crippen LogP) is 1.10.